The summed E-state index contributed by atoms with van der Waals surface area (Å²) < 4.78 is 11.3. The highest BCUT2D eigenvalue weighted by atomic mass is 16.7. The Hall–Kier alpha value is -1.85. The fourth-order valence-corrected chi connectivity index (χ4v) is 9.38. The van der Waals surface area contributed by atoms with E-state index in [0.29, 0.717) is 6.42 Å². The molecule has 1 aliphatic rings. The zero-order valence-corrected chi connectivity index (χ0v) is 45.5. The minimum absolute atomic E-state index is 0.187. The van der Waals surface area contributed by atoms with E-state index in [9.17, 15) is 30.3 Å². The third-order valence-electron chi connectivity index (χ3n) is 14.1. The monoisotopic (exact) mass is 988 g/mol. The average molecular weight is 989 g/mol. The lowest BCUT2D eigenvalue weighted by Gasteiger charge is -2.40. The van der Waals surface area contributed by atoms with Gasteiger partial charge in [0.1, 0.15) is 24.4 Å². The SMILES string of the molecule is CCCCCCCCCCC/C=C\C/C=C\CCCCCCCCCCCCCC(=O)NC(COC1OC(CO)C(O)C(O)C1O)C(O)/C=C/CC/C=C/CCCCCCCCCCCCCCCC. The van der Waals surface area contributed by atoms with Crippen molar-refractivity contribution in [1.29, 1.82) is 0 Å². The number of aliphatic hydroxyl groups is 5. The highest BCUT2D eigenvalue weighted by Crippen LogP contribution is 2.23. The number of hydrogen-bond donors (Lipinski definition) is 6. The van der Waals surface area contributed by atoms with Gasteiger partial charge in [-0.1, -0.05) is 255 Å². The molecule has 0 spiro atoms. The third-order valence-corrected chi connectivity index (χ3v) is 14.1. The fraction of sp³-hybridized carbons (Fsp3) is 0.852. The van der Waals surface area contributed by atoms with E-state index in [1.54, 1.807) is 6.08 Å². The van der Waals surface area contributed by atoms with Gasteiger partial charge >= 0.3 is 0 Å². The number of carbonyl (C=O) groups is 1. The molecule has 410 valence electrons. The molecule has 0 aromatic carbocycles. The third kappa shape index (κ3) is 39.7. The van der Waals surface area contributed by atoms with Crippen molar-refractivity contribution in [3.8, 4) is 0 Å². The van der Waals surface area contributed by atoms with Crippen LogP contribution in [0.15, 0.2) is 48.6 Å². The maximum Gasteiger partial charge on any atom is 0.220 e. The summed E-state index contributed by atoms with van der Waals surface area (Å²) in [6.45, 7) is 3.79. The predicted molar refractivity (Wildman–Crippen MR) is 295 cm³/mol. The Morgan fingerprint density at radius 1 is 0.486 bits per heavy atom. The van der Waals surface area contributed by atoms with E-state index < -0.39 is 49.5 Å². The van der Waals surface area contributed by atoms with E-state index in [4.69, 9.17) is 9.47 Å². The lowest BCUT2D eigenvalue weighted by molar-refractivity contribution is -0.302. The van der Waals surface area contributed by atoms with E-state index in [-0.39, 0.29) is 12.5 Å². The summed E-state index contributed by atoms with van der Waals surface area (Å²) in [5.74, 6) is -0.187. The van der Waals surface area contributed by atoms with Gasteiger partial charge in [-0.3, -0.25) is 4.79 Å². The molecular formula is C61H113NO8. The van der Waals surface area contributed by atoms with Crippen LogP contribution in [0.3, 0.4) is 0 Å². The standard InChI is InChI=1S/C61H113NO8/c1-3-5-7-9-11-13-15-17-19-21-23-25-26-27-28-29-30-31-33-35-37-39-41-43-45-47-49-51-57(65)62-54(53-69-61-60(68)59(67)58(66)56(52-63)70-61)55(64)50-48-46-44-42-40-38-36-34-32-24-22-20-18-16-14-12-10-8-6-4-2/h23,25,27-28,40,42,48,50,54-56,58-61,63-64,66-68H,3-22,24,26,29-39,41,43-47,49,51-53H2,1-2H3,(H,62,65)/b25-23-,28-27-,42-40+,50-48+. The Kier molecular flexibility index (Phi) is 47.9. The normalized spacial score (nSPS) is 19.7. The molecule has 0 radical (unpaired) electrons. The maximum absolute atomic E-state index is 13.1. The van der Waals surface area contributed by atoms with Crippen LogP contribution in [0.1, 0.15) is 277 Å². The van der Waals surface area contributed by atoms with Gasteiger partial charge in [0.2, 0.25) is 5.91 Å². The van der Waals surface area contributed by atoms with E-state index in [1.807, 2.05) is 6.08 Å². The van der Waals surface area contributed by atoms with Crippen molar-refractivity contribution in [3.05, 3.63) is 48.6 Å². The van der Waals surface area contributed by atoms with Crippen molar-refractivity contribution in [2.75, 3.05) is 13.2 Å². The second-order valence-electron chi connectivity index (χ2n) is 20.8. The molecule has 9 nitrogen and oxygen atoms in total. The van der Waals surface area contributed by atoms with Gasteiger partial charge in [-0.05, 0) is 64.2 Å². The van der Waals surface area contributed by atoms with E-state index in [2.05, 4.69) is 55.6 Å². The smallest absolute Gasteiger partial charge is 0.220 e. The van der Waals surface area contributed by atoms with Crippen LogP contribution in [-0.4, -0.2) is 87.5 Å². The molecule has 0 saturated carbocycles. The van der Waals surface area contributed by atoms with Gasteiger partial charge in [-0.2, -0.15) is 0 Å². The van der Waals surface area contributed by atoms with E-state index in [1.165, 1.54) is 212 Å². The molecule has 1 aliphatic heterocycles. The fourth-order valence-electron chi connectivity index (χ4n) is 9.38. The first kappa shape index (κ1) is 66.2. The molecule has 7 atom stereocenters. The first-order chi connectivity index (χ1) is 34.3. The van der Waals surface area contributed by atoms with Crippen LogP contribution in [-0.2, 0) is 14.3 Å². The molecule has 70 heavy (non-hydrogen) atoms. The molecule has 1 rings (SSSR count). The van der Waals surface area contributed by atoms with Crippen LogP contribution in [0.2, 0.25) is 0 Å². The lowest BCUT2D eigenvalue weighted by atomic mass is 9.99. The van der Waals surface area contributed by atoms with Gasteiger partial charge in [-0.15, -0.1) is 0 Å². The average Bonchev–Trinajstić information content (AvgIpc) is 3.36. The number of nitrogens with one attached hydrogen (secondary N) is 1. The van der Waals surface area contributed by atoms with Crippen LogP contribution >= 0.6 is 0 Å². The predicted octanol–water partition coefficient (Wildman–Crippen LogP) is 14.9. The van der Waals surface area contributed by atoms with Gasteiger partial charge in [0.05, 0.1) is 25.4 Å². The van der Waals surface area contributed by atoms with Gasteiger partial charge in [0.15, 0.2) is 6.29 Å². The minimum atomic E-state index is -1.57. The van der Waals surface area contributed by atoms with E-state index >= 15 is 0 Å². The van der Waals surface area contributed by atoms with Crippen molar-refractivity contribution in [2.45, 2.75) is 320 Å². The largest absolute Gasteiger partial charge is 0.394 e. The van der Waals surface area contributed by atoms with Crippen LogP contribution in [0.25, 0.3) is 0 Å². The molecular weight excluding hydrogens is 875 g/mol. The van der Waals surface area contributed by atoms with Gasteiger partial charge in [0, 0.05) is 6.42 Å². The zero-order chi connectivity index (χ0) is 50.8. The Morgan fingerprint density at radius 3 is 1.29 bits per heavy atom. The van der Waals surface area contributed by atoms with Gasteiger partial charge in [0.25, 0.3) is 0 Å². The van der Waals surface area contributed by atoms with Crippen molar-refractivity contribution >= 4 is 5.91 Å². The van der Waals surface area contributed by atoms with Crippen molar-refractivity contribution < 1.29 is 39.8 Å². The molecule has 0 bridgehead atoms. The molecule has 1 heterocycles. The van der Waals surface area contributed by atoms with E-state index in [0.717, 1.165) is 44.9 Å². The number of aliphatic hydroxyl groups excluding tert-OH is 5. The second-order valence-corrected chi connectivity index (χ2v) is 20.8. The summed E-state index contributed by atoms with van der Waals surface area (Å²) in [6, 6.07) is -0.824. The maximum atomic E-state index is 13.1. The Balaban J connectivity index is 2.23. The second kappa shape index (κ2) is 50.7. The summed E-state index contributed by atoms with van der Waals surface area (Å²) in [5.41, 5.74) is 0. The number of rotatable bonds is 51. The topological polar surface area (TPSA) is 149 Å². The zero-order valence-electron chi connectivity index (χ0n) is 45.5. The summed E-state index contributed by atoms with van der Waals surface area (Å²) in [4.78, 5) is 13.1. The highest BCUT2D eigenvalue weighted by molar-refractivity contribution is 5.76. The number of unbranched alkanes of at least 4 members (excludes halogenated alkanes) is 35. The molecule has 9 heteroatoms. The van der Waals surface area contributed by atoms with Gasteiger partial charge < -0.3 is 40.3 Å². The van der Waals surface area contributed by atoms with Gasteiger partial charge in [-0.25, -0.2) is 0 Å². The number of hydrogen-bond acceptors (Lipinski definition) is 8. The Labute approximate surface area is 431 Å². The molecule has 0 aliphatic carbocycles. The lowest BCUT2D eigenvalue weighted by Crippen LogP contribution is -2.60. The van der Waals surface area contributed by atoms with Crippen LogP contribution in [0.5, 0.6) is 0 Å². The summed E-state index contributed by atoms with van der Waals surface area (Å²) in [6.07, 6.45) is 60.4. The number of amides is 1. The molecule has 0 aromatic rings. The quantitative estimate of drug-likeness (QED) is 0.0261. The summed E-state index contributed by atoms with van der Waals surface area (Å²) in [5, 5.41) is 54.5. The Morgan fingerprint density at radius 2 is 0.857 bits per heavy atom. The van der Waals surface area contributed by atoms with Crippen molar-refractivity contribution in [3.63, 3.8) is 0 Å². The molecule has 7 unspecified atom stereocenters. The molecule has 1 fully saturated rings. The molecule has 6 N–H and O–H groups in total. The van der Waals surface area contributed by atoms with Crippen LogP contribution in [0, 0.1) is 0 Å². The van der Waals surface area contributed by atoms with Crippen molar-refractivity contribution in [1.82, 2.24) is 5.32 Å². The number of carbonyl (C=O) groups excluding carboxylic acids is 1. The van der Waals surface area contributed by atoms with Crippen LogP contribution < -0.4 is 5.32 Å². The first-order valence-electron chi connectivity index (χ1n) is 29.9. The van der Waals surface area contributed by atoms with Crippen LogP contribution in [0.4, 0.5) is 0 Å². The molecule has 1 saturated heterocycles. The van der Waals surface area contributed by atoms with Crippen molar-refractivity contribution in [2.24, 2.45) is 0 Å². The molecule has 0 aromatic heterocycles. The first-order valence-corrected chi connectivity index (χ1v) is 29.9. The number of ether oxygens (including phenoxy) is 2. The Bertz CT molecular complexity index is 1240. The summed E-state index contributed by atoms with van der Waals surface area (Å²) >= 11 is 0. The minimum Gasteiger partial charge on any atom is -0.394 e. The highest BCUT2D eigenvalue weighted by Gasteiger charge is 2.44. The summed E-state index contributed by atoms with van der Waals surface area (Å²) in [7, 11) is 0. The molecule has 1 amide bonds. The number of allylic oxidation sites excluding steroid dienone is 7.